The monoisotopic (exact) mass is 161 g/mol. The van der Waals surface area contributed by atoms with Crippen LogP contribution in [0.15, 0.2) is 30.3 Å². The van der Waals surface area contributed by atoms with Crippen LogP contribution in [-0.4, -0.2) is 6.54 Å². The van der Waals surface area contributed by atoms with E-state index in [1.54, 1.807) is 0 Å². The van der Waals surface area contributed by atoms with E-state index < -0.39 is 0 Å². The summed E-state index contributed by atoms with van der Waals surface area (Å²) in [7, 11) is 0. The van der Waals surface area contributed by atoms with Gasteiger partial charge in [-0.15, -0.1) is 0 Å². The molecule has 0 amide bonds. The highest BCUT2D eigenvalue weighted by molar-refractivity contribution is 5.25. The largest absolute Gasteiger partial charge is 0.330 e. The molecular formula is C11H15N. The minimum absolute atomic E-state index is 0.815. The van der Waals surface area contributed by atoms with Gasteiger partial charge in [0.1, 0.15) is 0 Å². The van der Waals surface area contributed by atoms with E-state index in [1.807, 2.05) is 0 Å². The van der Waals surface area contributed by atoms with Gasteiger partial charge in [0.05, 0.1) is 0 Å². The van der Waals surface area contributed by atoms with Gasteiger partial charge < -0.3 is 5.73 Å². The van der Waals surface area contributed by atoms with Gasteiger partial charge in [0.25, 0.3) is 0 Å². The summed E-state index contributed by atoms with van der Waals surface area (Å²) >= 11 is 0. The fraction of sp³-hybridized carbons (Fsp3) is 0.455. The minimum Gasteiger partial charge on any atom is -0.330 e. The van der Waals surface area contributed by atoms with Crippen molar-refractivity contribution in [3.63, 3.8) is 0 Å². The van der Waals surface area contributed by atoms with Crippen LogP contribution < -0.4 is 5.73 Å². The lowest BCUT2D eigenvalue weighted by molar-refractivity contribution is 0.715. The van der Waals surface area contributed by atoms with Crippen LogP contribution in [0.3, 0.4) is 0 Å². The number of benzene rings is 1. The molecule has 1 heteroatoms. The second-order valence-corrected chi connectivity index (χ2v) is 3.59. The molecule has 64 valence electrons. The van der Waals surface area contributed by atoms with Gasteiger partial charge in [-0.3, -0.25) is 0 Å². The van der Waals surface area contributed by atoms with Gasteiger partial charge in [-0.25, -0.2) is 0 Å². The van der Waals surface area contributed by atoms with E-state index in [0.29, 0.717) is 0 Å². The van der Waals surface area contributed by atoms with Crippen LogP contribution in [-0.2, 0) is 0 Å². The summed E-state index contributed by atoms with van der Waals surface area (Å²) in [6, 6.07) is 10.8. The molecule has 1 aliphatic rings. The first-order chi connectivity index (χ1) is 5.92. The van der Waals surface area contributed by atoms with Crippen molar-refractivity contribution in [2.24, 2.45) is 11.7 Å². The van der Waals surface area contributed by atoms with Crippen molar-refractivity contribution in [3.05, 3.63) is 35.9 Å². The summed E-state index contributed by atoms with van der Waals surface area (Å²) in [5, 5.41) is 0. The molecule has 1 aromatic rings. The molecule has 0 heterocycles. The predicted octanol–water partition coefficient (Wildman–Crippen LogP) is 2.14. The van der Waals surface area contributed by atoms with Gasteiger partial charge in [0.2, 0.25) is 0 Å². The van der Waals surface area contributed by atoms with Crippen LogP contribution in [0.5, 0.6) is 0 Å². The molecule has 1 aliphatic carbocycles. The normalized spacial score (nSPS) is 27.1. The molecule has 1 aromatic carbocycles. The van der Waals surface area contributed by atoms with Crippen LogP contribution in [0, 0.1) is 5.92 Å². The number of hydrogen-bond donors (Lipinski definition) is 1. The third-order valence-electron chi connectivity index (χ3n) is 2.69. The molecule has 2 N–H and O–H groups in total. The zero-order chi connectivity index (χ0) is 8.39. The van der Waals surface area contributed by atoms with Crippen molar-refractivity contribution in [3.8, 4) is 0 Å². The number of hydrogen-bond acceptors (Lipinski definition) is 1. The lowest BCUT2D eigenvalue weighted by atomic mass is 10.1. The molecule has 1 saturated carbocycles. The highest BCUT2D eigenvalue weighted by Crippen LogP contribution is 2.48. The second-order valence-electron chi connectivity index (χ2n) is 3.59. The fourth-order valence-corrected chi connectivity index (χ4v) is 1.89. The maximum Gasteiger partial charge on any atom is -0.00744 e. The fourth-order valence-electron chi connectivity index (χ4n) is 1.89. The highest BCUT2D eigenvalue weighted by atomic mass is 14.5. The Morgan fingerprint density at radius 1 is 1.25 bits per heavy atom. The average molecular weight is 161 g/mol. The van der Waals surface area contributed by atoms with Crippen LogP contribution in [0.25, 0.3) is 0 Å². The van der Waals surface area contributed by atoms with E-state index in [2.05, 4.69) is 30.3 Å². The van der Waals surface area contributed by atoms with Crippen molar-refractivity contribution in [2.45, 2.75) is 18.8 Å². The standard InChI is InChI=1S/C11H15N/c12-7-6-10-8-11(10)9-4-2-1-3-5-9/h1-5,10-11H,6-8,12H2/t10-,11-/m1/s1. The molecule has 1 nitrogen and oxygen atoms in total. The molecular weight excluding hydrogens is 146 g/mol. The Balaban J connectivity index is 1.97. The Bertz CT molecular complexity index is 242. The van der Waals surface area contributed by atoms with E-state index in [9.17, 15) is 0 Å². The second kappa shape index (κ2) is 3.28. The predicted molar refractivity (Wildman–Crippen MR) is 51.0 cm³/mol. The van der Waals surface area contributed by atoms with Gasteiger partial charge in [-0.2, -0.15) is 0 Å². The van der Waals surface area contributed by atoms with E-state index in [0.717, 1.165) is 18.4 Å². The smallest absolute Gasteiger partial charge is 0.00744 e. The first-order valence-electron chi connectivity index (χ1n) is 4.67. The Morgan fingerprint density at radius 3 is 2.67 bits per heavy atom. The molecule has 1 fully saturated rings. The van der Waals surface area contributed by atoms with E-state index in [4.69, 9.17) is 5.73 Å². The van der Waals surface area contributed by atoms with Crippen LogP contribution >= 0.6 is 0 Å². The zero-order valence-electron chi connectivity index (χ0n) is 7.24. The molecule has 0 unspecified atom stereocenters. The van der Waals surface area contributed by atoms with Crippen molar-refractivity contribution in [1.29, 1.82) is 0 Å². The van der Waals surface area contributed by atoms with Gasteiger partial charge in [-0.1, -0.05) is 30.3 Å². The Morgan fingerprint density at radius 2 is 2.00 bits per heavy atom. The topological polar surface area (TPSA) is 26.0 Å². The summed E-state index contributed by atoms with van der Waals surface area (Å²) < 4.78 is 0. The highest BCUT2D eigenvalue weighted by Gasteiger charge is 2.36. The molecule has 2 rings (SSSR count). The van der Waals surface area contributed by atoms with Crippen molar-refractivity contribution in [1.82, 2.24) is 0 Å². The third-order valence-corrected chi connectivity index (χ3v) is 2.69. The lowest BCUT2D eigenvalue weighted by Gasteiger charge is -1.97. The molecule has 0 bridgehead atoms. The van der Waals surface area contributed by atoms with Crippen molar-refractivity contribution < 1.29 is 0 Å². The first-order valence-corrected chi connectivity index (χ1v) is 4.67. The summed E-state index contributed by atoms with van der Waals surface area (Å²) in [5.74, 6) is 1.69. The lowest BCUT2D eigenvalue weighted by Crippen LogP contribution is -1.99. The van der Waals surface area contributed by atoms with Crippen LogP contribution in [0.2, 0.25) is 0 Å². The number of rotatable bonds is 3. The summed E-state index contributed by atoms with van der Waals surface area (Å²) in [6.45, 7) is 0.841. The summed E-state index contributed by atoms with van der Waals surface area (Å²) in [6.07, 6.45) is 2.54. The Kier molecular flexibility index (Phi) is 2.13. The third kappa shape index (κ3) is 1.51. The molecule has 0 aliphatic heterocycles. The first kappa shape index (κ1) is 7.81. The molecule has 2 atom stereocenters. The SMILES string of the molecule is NCC[C@@H]1C[C@@H]1c1ccccc1. The van der Waals surface area contributed by atoms with Gasteiger partial charge in [-0.05, 0) is 36.8 Å². The number of nitrogens with two attached hydrogens (primary N) is 1. The van der Waals surface area contributed by atoms with Gasteiger partial charge in [0.15, 0.2) is 0 Å². The van der Waals surface area contributed by atoms with Crippen LogP contribution in [0.4, 0.5) is 0 Å². The maximum atomic E-state index is 5.51. The molecule has 0 aromatic heterocycles. The van der Waals surface area contributed by atoms with Crippen molar-refractivity contribution >= 4 is 0 Å². The maximum absolute atomic E-state index is 5.51. The van der Waals surface area contributed by atoms with Gasteiger partial charge in [0, 0.05) is 0 Å². The Labute approximate surface area is 73.6 Å². The summed E-state index contributed by atoms with van der Waals surface area (Å²) in [5.41, 5.74) is 7.01. The minimum atomic E-state index is 0.815. The average Bonchev–Trinajstić information content (AvgIpc) is 2.87. The van der Waals surface area contributed by atoms with Crippen LogP contribution in [0.1, 0.15) is 24.3 Å². The van der Waals surface area contributed by atoms with E-state index in [-0.39, 0.29) is 0 Å². The molecule has 0 radical (unpaired) electrons. The summed E-state index contributed by atoms with van der Waals surface area (Å²) in [4.78, 5) is 0. The molecule has 12 heavy (non-hydrogen) atoms. The Hall–Kier alpha value is -0.820. The van der Waals surface area contributed by atoms with E-state index in [1.165, 1.54) is 18.4 Å². The van der Waals surface area contributed by atoms with Gasteiger partial charge >= 0.3 is 0 Å². The molecule has 0 spiro atoms. The van der Waals surface area contributed by atoms with E-state index >= 15 is 0 Å². The van der Waals surface area contributed by atoms with Crippen molar-refractivity contribution in [2.75, 3.05) is 6.54 Å². The zero-order valence-corrected chi connectivity index (χ0v) is 7.24. The quantitative estimate of drug-likeness (QED) is 0.722. The molecule has 0 saturated heterocycles.